The van der Waals surface area contributed by atoms with E-state index < -0.39 is 6.18 Å². The average Bonchev–Trinajstić information content (AvgIpc) is 2.21. The van der Waals surface area contributed by atoms with Crippen LogP contribution in [0, 0.1) is 5.92 Å². The molecule has 0 aliphatic rings. The molecule has 5 heteroatoms. The predicted molar refractivity (Wildman–Crippen MR) is 63.4 cm³/mol. The monoisotopic (exact) mass is 246 g/mol. The van der Waals surface area contributed by atoms with Gasteiger partial charge in [-0.05, 0) is 24.0 Å². The molecule has 0 bridgehead atoms. The van der Waals surface area contributed by atoms with E-state index in [-0.39, 0.29) is 6.08 Å². The summed E-state index contributed by atoms with van der Waals surface area (Å²) in [5.41, 5.74) is 6.81. The lowest BCUT2D eigenvalue weighted by molar-refractivity contribution is -0.0795. The molecule has 2 N–H and O–H groups in total. The van der Waals surface area contributed by atoms with Gasteiger partial charge in [0.2, 0.25) is 0 Å². The fraction of sp³-hybridized carbons (Fsp3) is 0.417. The van der Waals surface area contributed by atoms with E-state index in [2.05, 4.69) is 25.4 Å². The van der Waals surface area contributed by atoms with Crippen LogP contribution in [0.25, 0.3) is 0 Å². The van der Waals surface area contributed by atoms with Crippen LogP contribution in [0.4, 0.5) is 19.0 Å². The first kappa shape index (κ1) is 15.5. The van der Waals surface area contributed by atoms with Crippen molar-refractivity contribution in [1.82, 2.24) is 4.98 Å². The summed E-state index contributed by atoms with van der Waals surface area (Å²) < 4.78 is 32.0. The molecule has 0 atom stereocenters. The number of nitrogen functional groups attached to an aromatic ring is 1. The van der Waals surface area contributed by atoms with Gasteiger partial charge in [-0.15, -0.1) is 0 Å². The van der Waals surface area contributed by atoms with Crippen LogP contribution in [0.3, 0.4) is 0 Å². The lowest BCUT2D eigenvalue weighted by Crippen LogP contribution is -2.00. The van der Waals surface area contributed by atoms with Crippen LogP contribution in [0.2, 0.25) is 0 Å². The third kappa shape index (κ3) is 8.30. The van der Waals surface area contributed by atoms with Gasteiger partial charge < -0.3 is 5.73 Å². The highest BCUT2D eigenvalue weighted by atomic mass is 19.4. The average molecular weight is 246 g/mol. The molecular formula is C12H17F3N2. The number of anilines is 1. The highest BCUT2D eigenvalue weighted by molar-refractivity contribution is 5.38. The molecule has 0 amide bonds. The molecule has 0 saturated carbocycles. The Balaban J connectivity index is 0.000000366. The molecular weight excluding hydrogens is 229 g/mol. The van der Waals surface area contributed by atoms with Crippen molar-refractivity contribution in [2.24, 2.45) is 5.92 Å². The smallest absolute Gasteiger partial charge is 0.383 e. The number of hydrogen-bond donors (Lipinski definition) is 1. The molecule has 0 aliphatic carbocycles. The van der Waals surface area contributed by atoms with Gasteiger partial charge in [-0.3, -0.25) is 0 Å². The summed E-state index contributed by atoms with van der Waals surface area (Å²) in [5.74, 6) is 1.31. The van der Waals surface area contributed by atoms with Gasteiger partial charge in [0.25, 0.3) is 0 Å². The summed E-state index contributed by atoms with van der Waals surface area (Å²) >= 11 is 0. The van der Waals surface area contributed by atoms with Crippen molar-refractivity contribution in [2.45, 2.75) is 26.4 Å². The van der Waals surface area contributed by atoms with E-state index >= 15 is 0 Å². The first-order valence-electron chi connectivity index (χ1n) is 5.16. The quantitative estimate of drug-likeness (QED) is 0.810. The lowest BCUT2D eigenvalue weighted by atomic mass is 10.0. The number of rotatable bonds is 2. The maximum atomic E-state index is 10.7. The minimum absolute atomic E-state index is 0.0625. The van der Waals surface area contributed by atoms with Gasteiger partial charge in [0.15, 0.2) is 0 Å². The van der Waals surface area contributed by atoms with Gasteiger partial charge >= 0.3 is 6.18 Å². The fourth-order valence-corrected chi connectivity index (χ4v) is 1.06. The Morgan fingerprint density at radius 1 is 1.47 bits per heavy atom. The van der Waals surface area contributed by atoms with Gasteiger partial charge in [-0.25, -0.2) is 4.98 Å². The molecule has 17 heavy (non-hydrogen) atoms. The zero-order valence-electron chi connectivity index (χ0n) is 9.96. The number of halogens is 3. The Morgan fingerprint density at radius 3 is 2.35 bits per heavy atom. The Kier molecular flexibility index (Phi) is 6.31. The molecule has 0 unspecified atom stereocenters. The molecule has 0 aromatic carbocycles. The molecule has 1 aromatic rings. The van der Waals surface area contributed by atoms with E-state index in [9.17, 15) is 13.2 Å². The van der Waals surface area contributed by atoms with Gasteiger partial charge in [0, 0.05) is 12.3 Å². The Hall–Kier alpha value is -1.52. The topological polar surface area (TPSA) is 38.9 Å². The van der Waals surface area contributed by atoms with E-state index in [0.717, 1.165) is 12.0 Å². The van der Waals surface area contributed by atoms with Crippen molar-refractivity contribution >= 4 is 5.82 Å². The Morgan fingerprint density at radius 2 is 2.00 bits per heavy atom. The van der Waals surface area contributed by atoms with Crippen molar-refractivity contribution in [3.63, 3.8) is 0 Å². The van der Waals surface area contributed by atoms with Crippen LogP contribution < -0.4 is 5.73 Å². The standard InChI is InChI=1S/C9H14N2.C3H3F3/c1-7(2)6-8-4-3-5-11-9(8)10;1-2-3(4,5)6/h3-5,7H,6H2,1-2H3,(H2,10,11);2H,1H2. The van der Waals surface area contributed by atoms with Gasteiger partial charge in [-0.2, -0.15) is 13.2 Å². The SMILES string of the molecule is C=CC(F)(F)F.CC(C)Cc1cccnc1N. The molecule has 1 aromatic heterocycles. The van der Waals surface area contributed by atoms with Crippen LogP contribution in [-0.2, 0) is 6.42 Å². The Bertz CT molecular complexity index is 346. The minimum atomic E-state index is -4.19. The number of alkyl halides is 3. The summed E-state index contributed by atoms with van der Waals surface area (Å²) in [7, 11) is 0. The third-order valence-electron chi connectivity index (χ3n) is 1.79. The highest BCUT2D eigenvalue weighted by Gasteiger charge is 2.19. The number of pyridine rings is 1. The summed E-state index contributed by atoms with van der Waals surface area (Å²) in [4.78, 5) is 4.01. The van der Waals surface area contributed by atoms with Gasteiger partial charge in [0.1, 0.15) is 5.82 Å². The molecule has 1 rings (SSSR count). The molecule has 0 aliphatic heterocycles. The maximum Gasteiger partial charge on any atom is 0.409 e. The second kappa shape index (κ2) is 6.93. The van der Waals surface area contributed by atoms with Crippen molar-refractivity contribution in [1.29, 1.82) is 0 Å². The van der Waals surface area contributed by atoms with Crippen LogP contribution in [-0.4, -0.2) is 11.2 Å². The molecule has 0 fully saturated rings. The molecule has 0 radical (unpaired) electrons. The Labute approximate surface area is 99.4 Å². The fourth-order valence-electron chi connectivity index (χ4n) is 1.06. The third-order valence-corrected chi connectivity index (χ3v) is 1.79. The van der Waals surface area contributed by atoms with Crippen molar-refractivity contribution < 1.29 is 13.2 Å². The zero-order chi connectivity index (χ0) is 13.5. The zero-order valence-corrected chi connectivity index (χ0v) is 9.96. The van der Waals surface area contributed by atoms with E-state index in [0.29, 0.717) is 11.7 Å². The molecule has 0 saturated heterocycles. The molecule has 1 heterocycles. The van der Waals surface area contributed by atoms with E-state index in [4.69, 9.17) is 5.73 Å². The van der Waals surface area contributed by atoms with E-state index in [1.54, 1.807) is 6.20 Å². The summed E-state index contributed by atoms with van der Waals surface area (Å²) in [6.07, 6.45) is -1.52. The van der Waals surface area contributed by atoms with Gasteiger partial charge in [-0.1, -0.05) is 26.5 Å². The largest absolute Gasteiger partial charge is 0.409 e. The maximum absolute atomic E-state index is 10.7. The van der Waals surface area contributed by atoms with Crippen LogP contribution in [0.5, 0.6) is 0 Å². The summed E-state index contributed by atoms with van der Waals surface area (Å²) in [5, 5.41) is 0. The van der Waals surface area contributed by atoms with Crippen molar-refractivity contribution in [3.05, 3.63) is 36.5 Å². The first-order chi connectivity index (χ1) is 7.76. The number of aromatic nitrogens is 1. The second-order valence-corrected chi connectivity index (χ2v) is 3.89. The minimum Gasteiger partial charge on any atom is -0.383 e. The lowest BCUT2D eigenvalue weighted by Gasteiger charge is -2.05. The first-order valence-corrected chi connectivity index (χ1v) is 5.16. The van der Waals surface area contributed by atoms with E-state index in [1.165, 1.54) is 0 Å². The number of nitrogens with zero attached hydrogens (tertiary/aromatic N) is 1. The molecule has 96 valence electrons. The predicted octanol–water partition coefficient (Wildman–Crippen LogP) is 3.60. The van der Waals surface area contributed by atoms with Gasteiger partial charge in [0.05, 0.1) is 0 Å². The highest BCUT2D eigenvalue weighted by Crippen LogP contribution is 2.13. The van der Waals surface area contributed by atoms with Crippen molar-refractivity contribution in [2.75, 3.05) is 5.73 Å². The van der Waals surface area contributed by atoms with Crippen LogP contribution in [0.1, 0.15) is 19.4 Å². The summed E-state index contributed by atoms with van der Waals surface area (Å²) in [6.45, 7) is 6.85. The number of allylic oxidation sites excluding steroid dienone is 1. The van der Waals surface area contributed by atoms with Crippen molar-refractivity contribution in [3.8, 4) is 0 Å². The molecule has 2 nitrogen and oxygen atoms in total. The normalized spacial score (nSPS) is 10.7. The molecule has 0 spiro atoms. The van der Waals surface area contributed by atoms with Crippen LogP contribution in [0.15, 0.2) is 31.0 Å². The summed E-state index contributed by atoms with van der Waals surface area (Å²) in [6, 6.07) is 3.95. The number of hydrogen-bond acceptors (Lipinski definition) is 2. The second-order valence-electron chi connectivity index (χ2n) is 3.89. The van der Waals surface area contributed by atoms with Crippen LogP contribution >= 0.6 is 0 Å². The van der Waals surface area contributed by atoms with E-state index in [1.807, 2.05) is 12.1 Å². The number of nitrogens with two attached hydrogens (primary N) is 1.